The van der Waals surface area contributed by atoms with Crippen LogP contribution in [0.15, 0.2) is 24.3 Å². The number of fused-ring (bicyclic) bond motifs is 1. The molecule has 0 radical (unpaired) electrons. The van der Waals surface area contributed by atoms with Crippen molar-refractivity contribution in [3.63, 3.8) is 0 Å². The topological polar surface area (TPSA) is 93.4 Å². The van der Waals surface area contributed by atoms with E-state index in [2.05, 4.69) is 20.2 Å². The van der Waals surface area contributed by atoms with Crippen LogP contribution in [0, 0.1) is 5.92 Å². The van der Waals surface area contributed by atoms with Gasteiger partial charge in [0.2, 0.25) is 0 Å². The molecule has 134 valence electrons. The molecule has 1 aliphatic heterocycles. The number of alkyl carbamates (subject to hydrolysis) is 1. The van der Waals surface area contributed by atoms with Crippen LogP contribution < -0.4 is 16.0 Å². The van der Waals surface area contributed by atoms with E-state index in [0.29, 0.717) is 18.3 Å². The third kappa shape index (κ3) is 4.29. The lowest BCUT2D eigenvalue weighted by molar-refractivity contribution is 0.0520. The number of nitrogens with zero attached hydrogens (tertiary/aromatic N) is 3. The Morgan fingerprint density at radius 1 is 1.32 bits per heavy atom. The molecule has 1 aromatic heterocycles. The molecule has 0 aliphatic carbocycles. The highest BCUT2D eigenvalue weighted by Crippen LogP contribution is 2.27. The summed E-state index contributed by atoms with van der Waals surface area (Å²) >= 11 is 0. The molecular formula is C18H25N5O2. The first kappa shape index (κ1) is 17.3. The Morgan fingerprint density at radius 2 is 2.00 bits per heavy atom. The fraction of sp³-hybridized carbons (Fsp3) is 0.500. The van der Waals surface area contributed by atoms with Gasteiger partial charge >= 0.3 is 6.09 Å². The number of carbonyl (C=O) groups excluding carboxylic acids is 1. The molecule has 1 atom stereocenters. The average molecular weight is 343 g/mol. The van der Waals surface area contributed by atoms with Crippen LogP contribution in [0.25, 0.3) is 11.0 Å². The molecule has 0 saturated carbocycles. The van der Waals surface area contributed by atoms with Gasteiger partial charge < -0.3 is 20.7 Å². The number of carbonyl (C=O) groups is 1. The first-order valence-electron chi connectivity index (χ1n) is 8.56. The van der Waals surface area contributed by atoms with E-state index in [1.807, 2.05) is 45.0 Å². The van der Waals surface area contributed by atoms with Crippen molar-refractivity contribution in [3.8, 4) is 0 Å². The summed E-state index contributed by atoms with van der Waals surface area (Å²) in [6.07, 6.45) is 0.583. The highest BCUT2D eigenvalue weighted by atomic mass is 16.6. The first-order valence-corrected chi connectivity index (χ1v) is 8.56. The second kappa shape index (κ2) is 6.74. The second-order valence-corrected chi connectivity index (χ2v) is 7.40. The number of benzene rings is 1. The smallest absolute Gasteiger partial charge is 0.407 e. The van der Waals surface area contributed by atoms with Crippen LogP contribution in [0.3, 0.4) is 0 Å². The summed E-state index contributed by atoms with van der Waals surface area (Å²) in [5, 5.41) is 2.84. The summed E-state index contributed by atoms with van der Waals surface area (Å²) in [7, 11) is 0. The van der Waals surface area contributed by atoms with Gasteiger partial charge in [0.05, 0.1) is 11.0 Å². The maximum Gasteiger partial charge on any atom is 0.407 e. The van der Waals surface area contributed by atoms with Crippen molar-refractivity contribution in [1.82, 2.24) is 15.3 Å². The second-order valence-electron chi connectivity index (χ2n) is 7.40. The Bertz CT molecular complexity index is 772. The maximum absolute atomic E-state index is 11.8. The lowest BCUT2D eigenvalue weighted by Crippen LogP contribution is -2.36. The van der Waals surface area contributed by atoms with Crippen molar-refractivity contribution in [2.75, 3.05) is 30.3 Å². The molecule has 1 aromatic carbocycles. The molecule has 7 nitrogen and oxygen atoms in total. The Hall–Kier alpha value is -2.57. The molecule has 25 heavy (non-hydrogen) atoms. The summed E-state index contributed by atoms with van der Waals surface area (Å²) in [6, 6.07) is 7.70. The summed E-state index contributed by atoms with van der Waals surface area (Å²) in [5.74, 6) is 1.50. The molecule has 0 spiro atoms. The predicted octanol–water partition coefficient (Wildman–Crippen LogP) is 2.56. The Morgan fingerprint density at radius 3 is 2.68 bits per heavy atom. The van der Waals surface area contributed by atoms with E-state index in [0.717, 1.165) is 36.4 Å². The number of hydrogen-bond acceptors (Lipinski definition) is 6. The minimum atomic E-state index is -0.485. The Kier molecular flexibility index (Phi) is 4.65. The molecule has 3 rings (SSSR count). The van der Waals surface area contributed by atoms with Gasteiger partial charge in [-0.2, -0.15) is 0 Å². The van der Waals surface area contributed by atoms with Crippen molar-refractivity contribution in [2.24, 2.45) is 5.92 Å². The minimum Gasteiger partial charge on any atom is -0.444 e. The highest BCUT2D eigenvalue weighted by Gasteiger charge is 2.26. The van der Waals surface area contributed by atoms with E-state index in [9.17, 15) is 4.79 Å². The SMILES string of the molecule is CC(C)(C)OC(=O)NC[C@@H]1CCN(c2nc3ccccc3nc2N)C1. The van der Waals surface area contributed by atoms with Crippen LogP contribution >= 0.6 is 0 Å². The van der Waals surface area contributed by atoms with Gasteiger partial charge in [-0.15, -0.1) is 0 Å². The molecule has 1 saturated heterocycles. The quantitative estimate of drug-likeness (QED) is 0.889. The number of hydrogen-bond donors (Lipinski definition) is 2. The van der Waals surface area contributed by atoms with Crippen LogP contribution in [0.2, 0.25) is 0 Å². The van der Waals surface area contributed by atoms with E-state index in [-0.39, 0.29) is 6.09 Å². The third-order valence-corrected chi connectivity index (χ3v) is 4.10. The fourth-order valence-corrected chi connectivity index (χ4v) is 2.97. The average Bonchev–Trinajstić information content (AvgIpc) is 2.99. The predicted molar refractivity (Wildman–Crippen MR) is 98.5 cm³/mol. The molecule has 0 unspecified atom stereocenters. The van der Waals surface area contributed by atoms with E-state index < -0.39 is 5.60 Å². The van der Waals surface area contributed by atoms with Gasteiger partial charge in [0.25, 0.3) is 0 Å². The van der Waals surface area contributed by atoms with E-state index in [1.54, 1.807) is 0 Å². The number of nitrogens with one attached hydrogen (secondary N) is 1. The maximum atomic E-state index is 11.8. The lowest BCUT2D eigenvalue weighted by atomic mass is 10.1. The summed E-state index contributed by atoms with van der Waals surface area (Å²) < 4.78 is 5.27. The van der Waals surface area contributed by atoms with Gasteiger partial charge in [0.1, 0.15) is 5.60 Å². The van der Waals surface area contributed by atoms with Gasteiger partial charge in [-0.1, -0.05) is 12.1 Å². The highest BCUT2D eigenvalue weighted by molar-refractivity contribution is 5.79. The number of amides is 1. The van der Waals surface area contributed by atoms with Gasteiger partial charge in [0, 0.05) is 19.6 Å². The first-order chi connectivity index (χ1) is 11.8. The zero-order valence-corrected chi connectivity index (χ0v) is 15.0. The summed E-state index contributed by atoms with van der Waals surface area (Å²) in [6.45, 7) is 7.76. The Balaban J connectivity index is 1.61. The van der Waals surface area contributed by atoms with E-state index in [1.165, 1.54) is 0 Å². The largest absolute Gasteiger partial charge is 0.444 e. The number of ether oxygens (including phenoxy) is 1. The molecule has 7 heteroatoms. The fourth-order valence-electron chi connectivity index (χ4n) is 2.97. The van der Waals surface area contributed by atoms with Crippen LogP contribution in [-0.2, 0) is 4.74 Å². The van der Waals surface area contributed by atoms with Crippen LogP contribution in [0.4, 0.5) is 16.4 Å². The number of para-hydroxylation sites is 2. The number of rotatable bonds is 3. The molecule has 1 amide bonds. The van der Waals surface area contributed by atoms with E-state index >= 15 is 0 Å². The zero-order chi connectivity index (χ0) is 18.0. The van der Waals surface area contributed by atoms with Gasteiger partial charge in [-0.3, -0.25) is 0 Å². The summed E-state index contributed by atoms with van der Waals surface area (Å²) in [4.78, 5) is 23.0. The summed E-state index contributed by atoms with van der Waals surface area (Å²) in [5.41, 5.74) is 7.25. The third-order valence-electron chi connectivity index (χ3n) is 4.10. The monoisotopic (exact) mass is 343 g/mol. The minimum absolute atomic E-state index is 0.334. The molecule has 2 aromatic rings. The van der Waals surface area contributed by atoms with Crippen molar-refractivity contribution in [1.29, 1.82) is 0 Å². The molecular weight excluding hydrogens is 318 g/mol. The standard InChI is InChI=1S/C18H25N5O2/c1-18(2,3)25-17(24)20-10-12-8-9-23(11-12)16-15(19)21-13-6-4-5-7-14(13)22-16/h4-7,12H,8-11H2,1-3H3,(H2,19,21)(H,20,24)/t12-/m0/s1. The number of nitrogens with two attached hydrogens (primary N) is 1. The zero-order valence-electron chi connectivity index (χ0n) is 15.0. The van der Waals surface area contributed by atoms with Crippen LogP contribution in [-0.4, -0.2) is 41.3 Å². The van der Waals surface area contributed by atoms with Crippen molar-refractivity contribution >= 4 is 28.8 Å². The number of aromatic nitrogens is 2. The van der Waals surface area contributed by atoms with Crippen molar-refractivity contribution < 1.29 is 9.53 Å². The van der Waals surface area contributed by atoms with E-state index in [4.69, 9.17) is 10.5 Å². The van der Waals surface area contributed by atoms with Gasteiger partial charge in [-0.05, 0) is 45.2 Å². The normalized spacial score (nSPS) is 17.7. The molecule has 0 bridgehead atoms. The van der Waals surface area contributed by atoms with Gasteiger partial charge in [0.15, 0.2) is 11.6 Å². The lowest BCUT2D eigenvalue weighted by Gasteiger charge is -2.21. The van der Waals surface area contributed by atoms with Crippen molar-refractivity contribution in [2.45, 2.75) is 32.8 Å². The molecule has 1 fully saturated rings. The molecule has 2 heterocycles. The van der Waals surface area contributed by atoms with Crippen LogP contribution in [0.5, 0.6) is 0 Å². The number of anilines is 2. The van der Waals surface area contributed by atoms with Crippen molar-refractivity contribution in [3.05, 3.63) is 24.3 Å². The molecule has 3 N–H and O–H groups in total. The van der Waals surface area contributed by atoms with Gasteiger partial charge in [-0.25, -0.2) is 14.8 Å². The van der Waals surface area contributed by atoms with Crippen LogP contribution in [0.1, 0.15) is 27.2 Å². The number of nitrogen functional groups attached to an aromatic ring is 1. The Labute approximate surface area is 147 Å². The molecule has 1 aliphatic rings.